The summed E-state index contributed by atoms with van der Waals surface area (Å²) < 4.78 is 0. The first kappa shape index (κ1) is 10.7. The Morgan fingerprint density at radius 3 is 2.60 bits per heavy atom. The van der Waals surface area contributed by atoms with Crippen molar-refractivity contribution in [3.8, 4) is 0 Å². The summed E-state index contributed by atoms with van der Waals surface area (Å²) in [6.45, 7) is 9.37. The molecule has 2 amide bonds. The van der Waals surface area contributed by atoms with Crippen LogP contribution in [0, 0.1) is 5.41 Å². The number of hydrogen-bond donors (Lipinski definition) is 2. The molecule has 15 heavy (non-hydrogen) atoms. The minimum atomic E-state index is 0.114. The van der Waals surface area contributed by atoms with Gasteiger partial charge in [-0.3, -0.25) is 0 Å². The van der Waals surface area contributed by atoms with Gasteiger partial charge in [-0.1, -0.05) is 20.8 Å². The number of rotatable bonds is 1. The van der Waals surface area contributed by atoms with Crippen LogP contribution in [0.3, 0.4) is 0 Å². The highest BCUT2D eigenvalue weighted by atomic mass is 16.2. The Morgan fingerprint density at radius 2 is 2.13 bits per heavy atom. The average Bonchev–Trinajstić information content (AvgIpc) is 2.69. The second kappa shape index (κ2) is 3.67. The molecule has 86 valence electrons. The molecule has 0 bridgehead atoms. The number of nitrogens with zero attached hydrogens (tertiary/aromatic N) is 1. The normalized spacial score (nSPS) is 32.2. The van der Waals surface area contributed by atoms with Gasteiger partial charge >= 0.3 is 6.03 Å². The monoisotopic (exact) mass is 211 g/mol. The Morgan fingerprint density at radius 1 is 1.40 bits per heavy atom. The van der Waals surface area contributed by atoms with E-state index in [1.54, 1.807) is 0 Å². The lowest BCUT2D eigenvalue weighted by molar-refractivity contribution is 0.200. The third kappa shape index (κ3) is 2.09. The zero-order valence-corrected chi connectivity index (χ0v) is 9.84. The molecule has 0 aromatic rings. The van der Waals surface area contributed by atoms with Crippen LogP contribution in [0.4, 0.5) is 4.79 Å². The molecule has 2 fully saturated rings. The van der Waals surface area contributed by atoms with Crippen LogP contribution in [0.1, 0.15) is 27.2 Å². The predicted octanol–water partition coefficient (Wildman–Crippen LogP) is 0.788. The van der Waals surface area contributed by atoms with E-state index >= 15 is 0 Å². The molecule has 0 aliphatic carbocycles. The van der Waals surface area contributed by atoms with Crippen LogP contribution in [0.2, 0.25) is 0 Å². The molecule has 0 spiro atoms. The van der Waals surface area contributed by atoms with Crippen molar-refractivity contribution in [3.63, 3.8) is 0 Å². The first-order valence-electron chi connectivity index (χ1n) is 5.76. The van der Waals surface area contributed by atoms with E-state index in [4.69, 9.17) is 0 Å². The van der Waals surface area contributed by atoms with Gasteiger partial charge in [-0.25, -0.2) is 4.79 Å². The van der Waals surface area contributed by atoms with Gasteiger partial charge in [0.15, 0.2) is 0 Å². The fraction of sp³-hybridized carbons (Fsp3) is 0.909. The summed E-state index contributed by atoms with van der Waals surface area (Å²) in [7, 11) is 0. The van der Waals surface area contributed by atoms with E-state index in [9.17, 15) is 4.79 Å². The summed E-state index contributed by atoms with van der Waals surface area (Å²) in [5.74, 6) is 0. The van der Waals surface area contributed by atoms with Crippen LogP contribution in [-0.2, 0) is 0 Å². The smallest absolute Gasteiger partial charge is 0.318 e. The maximum absolute atomic E-state index is 11.8. The van der Waals surface area contributed by atoms with Crippen molar-refractivity contribution in [2.24, 2.45) is 5.41 Å². The quantitative estimate of drug-likeness (QED) is 0.673. The van der Waals surface area contributed by atoms with Gasteiger partial charge in [0.2, 0.25) is 0 Å². The SMILES string of the molecule is CC(C)(C)C1CN(C2CCNC2)C(=O)N1. The fourth-order valence-corrected chi connectivity index (χ4v) is 2.27. The lowest BCUT2D eigenvalue weighted by Crippen LogP contribution is -2.39. The van der Waals surface area contributed by atoms with E-state index in [1.807, 2.05) is 4.90 Å². The van der Waals surface area contributed by atoms with Crippen LogP contribution in [0.25, 0.3) is 0 Å². The van der Waals surface area contributed by atoms with Crippen LogP contribution in [0.15, 0.2) is 0 Å². The third-order valence-corrected chi connectivity index (χ3v) is 3.46. The highest BCUT2D eigenvalue weighted by Crippen LogP contribution is 2.25. The molecule has 2 aliphatic rings. The predicted molar refractivity (Wildman–Crippen MR) is 59.8 cm³/mol. The zero-order valence-electron chi connectivity index (χ0n) is 9.84. The van der Waals surface area contributed by atoms with E-state index < -0.39 is 0 Å². The van der Waals surface area contributed by atoms with Gasteiger partial charge in [-0.2, -0.15) is 0 Å². The number of nitrogens with one attached hydrogen (secondary N) is 2. The van der Waals surface area contributed by atoms with Crippen molar-refractivity contribution < 1.29 is 4.79 Å². The summed E-state index contributed by atoms with van der Waals surface area (Å²) in [4.78, 5) is 13.8. The topological polar surface area (TPSA) is 44.4 Å². The summed E-state index contributed by atoms with van der Waals surface area (Å²) in [5, 5.41) is 6.38. The fourth-order valence-electron chi connectivity index (χ4n) is 2.27. The lowest BCUT2D eigenvalue weighted by Gasteiger charge is -2.27. The maximum Gasteiger partial charge on any atom is 0.318 e. The molecule has 2 saturated heterocycles. The van der Waals surface area contributed by atoms with Crippen molar-refractivity contribution in [2.45, 2.75) is 39.3 Å². The summed E-state index contributed by atoms with van der Waals surface area (Å²) in [5.41, 5.74) is 0.149. The zero-order chi connectivity index (χ0) is 11.1. The van der Waals surface area contributed by atoms with E-state index in [2.05, 4.69) is 31.4 Å². The summed E-state index contributed by atoms with van der Waals surface area (Å²) in [6.07, 6.45) is 1.09. The first-order valence-corrected chi connectivity index (χ1v) is 5.76. The average molecular weight is 211 g/mol. The molecule has 2 unspecified atom stereocenters. The van der Waals surface area contributed by atoms with Gasteiger partial charge in [-0.05, 0) is 18.4 Å². The second-order valence-electron chi connectivity index (χ2n) is 5.67. The lowest BCUT2D eigenvalue weighted by atomic mass is 9.87. The number of carbonyl (C=O) groups excluding carboxylic acids is 1. The molecule has 4 nitrogen and oxygen atoms in total. The van der Waals surface area contributed by atoms with Gasteiger partial charge in [0.05, 0.1) is 6.04 Å². The van der Waals surface area contributed by atoms with Crippen molar-refractivity contribution in [1.82, 2.24) is 15.5 Å². The maximum atomic E-state index is 11.8. The Kier molecular flexibility index (Phi) is 2.63. The Labute approximate surface area is 91.4 Å². The Balaban J connectivity index is 2.01. The van der Waals surface area contributed by atoms with Gasteiger partial charge in [0.1, 0.15) is 0 Å². The third-order valence-electron chi connectivity index (χ3n) is 3.46. The molecule has 2 N–H and O–H groups in total. The molecule has 0 saturated carbocycles. The van der Waals surface area contributed by atoms with Crippen molar-refractivity contribution in [2.75, 3.05) is 19.6 Å². The van der Waals surface area contributed by atoms with Crippen LogP contribution in [-0.4, -0.2) is 42.6 Å². The minimum absolute atomic E-state index is 0.114. The number of hydrogen-bond acceptors (Lipinski definition) is 2. The highest BCUT2D eigenvalue weighted by molar-refractivity contribution is 5.77. The largest absolute Gasteiger partial charge is 0.333 e. The Hall–Kier alpha value is -0.770. The molecule has 2 rings (SSSR count). The van der Waals surface area contributed by atoms with Gasteiger partial charge in [-0.15, -0.1) is 0 Å². The van der Waals surface area contributed by atoms with Crippen molar-refractivity contribution in [3.05, 3.63) is 0 Å². The molecule has 4 heteroatoms. The Bertz CT molecular complexity index is 253. The summed E-state index contributed by atoms with van der Waals surface area (Å²) in [6, 6.07) is 0.798. The van der Waals surface area contributed by atoms with E-state index in [-0.39, 0.29) is 17.5 Å². The molecular formula is C11H21N3O. The van der Waals surface area contributed by atoms with Crippen molar-refractivity contribution in [1.29, 1.82) is 0 Å². The standard InChI is InChI=1S/C11H21N3O/c1-11(2,3)9-7-14(10(15)13-9)8-4-5-12-6-8/h8-9,12H,4-7H2,1-3H3,(H,13,15). The van der Waals surface area contributed by atoms with Crippen molar-refractivity contribution >= 4 is 6.03 Å². The molecule has 0 radical (unpaired) electrons. The minimum Gasteiger partial charge on any atom is -0.333 e. The van der Waals surface area contributed by atoms with Gasteiger partial charge in [0.25, 0.3) is 0 Å². The summed E-state index contributed by atoms with van der Waals surface area (Å²) >= 11 is 0. The molecule has 0 aromatic carbocycles. The first-order chi connectivity index (χ1) is 6.98. The van der Waals surface area contributed by atoms with Gasteiger partial charge < -0.3 is 15.5 Å². The number of amides is 2. The van der Waals surface area contributed by atoms with E-state index in [0.29, 0.717) is 6.04 Å². The van der Waals surface area contributed by atoms with Crippen LogP contribution < -0.4 is 10.6 Å². The molecular weight excluding hydrogens is 190 g/mol. The van der Waals surface area contributed by atoms with E-state index in [0.717, 1.165) is 26.1 Å². The molecule has 2 atom stereocenters. The van der Waals surface area contributed by atoms with Crippen LogP contribution in [0.5, 0.6) is 0 Å². The second-order valence-corrected chi connectivity index (χ2v) is 5.67. The number of urea groups is 1. The van der Waals surface area contributed by atoms with E-state index in [1.165, 1.54) is 0 Å². The molecule has 0 aromatic heterocycles. The molecule has 2 aliphatic heterocycles. The highest BCUT2D eigenvalue weighted by Gasteiger charge is 2.39. The molecule has 2 heterocycles. The number of carbonyl (C=O) groups is 1. The van der Waals surface area contributed by atoms with Crippen LogP contribution >= 0.6 is 0 Å². The van der Waals surface area contributed by atoms with Gasteiger partial charge in [0, 0.05) is 19.1 Å².